The average molecular weight is 620 g/mol. The number of sulfone groups is 1. The molecule has 8 nitrogen and oxygen atoms in total. The van der Waals surface area contributed by atoms with E-state index in [4.69, 9.17) is 37.6 Å². The van der Waals surface area contributed by atoms with E-state index in [9.17, 15) is 13.2 Å². The number of fused-ring (bicyclic) bond motifs is 2. The van der Waals surface area contributed by atoms with E-state index >= 15 is 0 Å². The molecule has 0 amide bonds. The predicted octanol–water partition coefficient (Wildman–Crippen LogP) is 5.69. The Labute approximate surface area is 249 Å². The fraction of sp³-hybridized carbons (Fsp3) is 0.467. The van der Waals surface area contributed by atoms with Gasteiger partial charge in [0.05, 0.1) is 28.5 Å². The summed E-state index contributed by atoms with van der Waals surface area (Å²) in [5.74, 6) is 0.441. The lowest BCUT2D eigenvalue weighted by molar-refractivity contribution is 0.0122. The molecule has 1 aromatic heterocycles. The number of piperidine rings is 1. The number of benzene rings is 2. The van der Waals surface area contributed by atoms with Crippen LogP contribution in [-0.2, 0) is 21.2 Å². The molecular formula is C30H32Cl2N2O6S. The molecule has 218 valence electrons. The maximum Gasteiger partial charge on any atom is 0.177 e. The molecular weight excluding hydrogens is 587 g/mol. The Kier molecular flexibility index (Phi) is 8.17. The van der Waals surface area contributed by atoms with Crippen molar-refractivity contribution in [2.75, 3.05) is 29.6 Å². The van der Waals surface area contributed by atoms with Gasteiger partial charge in [-0.05, 0) is 68.5 Å². The van der Waals surface area contributed by atoms with Gasteiger partial charge in [0, 0.05) is 53.4 Å². The number of hydrogen-bond acceptors (Lipinski definition) is 8. The molecule has 3 fully saturated rings. The second kappa shape index (κ2) is 11.7. The molecule has 3 aliphatic rings. The highest BCUT2D eigenvalue weighted by molar-refractivity contribution is 7.92. The maximum absolute atomic E-state index is 12.5. The van der Waals surface area contributed by atoms with Crippen molar-refractivity contribution in [1.29, 1.82) is 0 Å². The van der Waals surface area contributed by atoms with Crippen molar-refractivity contribution >= 4 is 44.5 Å². The third kappa shape index (κ3) is 6.06. The van der Waals surface area contributed by atoms with Crippen LogP contribution >= 0.6 is 23.2 Å². The topological polar surface area (TPSA) is 110 Å². The summed E-state index contributed by atoms with van der Waals surface area (Å²) >= 11 is 13.0. The van der Waals surface area contributed by atoms with Gasteiger partial charge in [0.1, 0.15) is 17.2 Å². The van der Waals surface area contributed by atoms with Crippen LogP contribution in [0.25, 0.3) is 11.3 Å². The number of ether oxygens (including phenoxy) is 1. The minimum Gasteiger partial charge on any atom is -0.396 e. The first kappa shape index (κ1) is 28.7. The summed E-state index contributed by atoms with van der Waals surface area (Å²) in [6, 6.07) is 12.9. The molecule has 1 saturated heterocycles. The first-order valence-electron chi connectivity index (χ1n) is 14.0. The Bertz CT molecular complexity index is 1520. The number of anilines is 1. The van der Waals surface area contributed by atoms with Crippen LogP contribution in [0.3, 0.4) is 0 Å². The fourth-order valence-corrected chi connectivity index (χ4v) is 8.00. The Morgan fingerprint density at radius 3 is 2.46 bits per heavy atom. The summed E-state index contributed by atoms with van der Waals surface area (Å²) in [5.41, 5.74) is 3.65. The van der Waals surface area contributed by atoms with Crippen LogP contribution in [0.1, 0.15) is 59.7 Å². The summed E-state index contributed by atoms with van der Waals surface area (Å²) in [6.45, 7) is 1.02. The zero-order chi connectivity index (χ0) is 28.7. The molecule has 2 aliphatic carbocycles. The zero-order valence-corrected chi connectivity index (χ0v) is 24.8. The first-order chi connectivity index (χ1) is 19.7. The number of rotatable bonds is 12. The highest BCUT2D eigenvalue weighted by Gasteiger charge is 2.45. The van der Waals surface area contributed by atoms with Crippen molar-refractivity contribution in [3.05, 3.63) is 69.4 Å². The van der Waals surface area contributed by atoms with Gasteiger partial charge in [-0.25, -0.2) is 8.42 Å². The number of aromatic nitrogens is 1. The van der Waals surface area contributed by atoms with Crippen molar-refractivity contribution in [1.82, 2.24) is 5.16 Å². The van der Waals surface area contributed by atoms with E-state index in [1.54, 1.807) is 24.3 Å². The van der Waals surface area contributed by atoms with Crippen LogP contribution in [-0.4, -0.2) is 61.3 Å². The molecule has 2 heterocycles. The largest absolute Gasteiger partial charge is 0.396 e. The molecule has 0 spiro atoms. The highest BCUT2D eigenvalue weighted by Crippen LogP contribution is 2.47. The van der Waals surface area contributed by atoms with E-state index in [1.807, 2.05) is 18.2 Å². The van der Waals surface area contributed by atoms with Crippen molar-refractivity contribution < 1.29 is 27.6 Å². The van der Waals surface area contributed by atoms with Crippen LogP contribution in [0, 0.1) is 5.92 Å². The molecule has 6 rings (SSSR count). The van der Waals surface area contributed by atoms with Gasteiger partial charge in [-0.2, -0.15) is 0 Å². The van der Waals surface area contributed by atoms with Crippen LogP contribution in [0.5, 0.6) is 0 Å². The van der Waals surface area contributed by atoms with Crippen molar-refractivity contribution in [3.63, 3.8) is 0 Å². The average Bonchev–Trinajstić information content (AvgIpc) is 3.40. The molecule has 2 aromatic carbocycles. The van der Waals surface area contributed by atoms with E-state index in [1.165, 1.54) is 0 Å². The van der Waals surface area contributed by atoms with Gasteiger partial charge in [0.25, 0.3) is 0 Å². The molecule has 3 aromatic rings. The van der Waals surface area contributed by atoms with Gasteiger partial charge in [-0.15, -0.1) is 0 Å². The Morgan fingerprint density at radius 1 is 1.10 bits per heavy atom. The first-order valence-corrected chi connectivity index (χ1v) is 16.6. The van der Waals surface area contributed by atoms with E-state index in [0.29, 0.717) is 51.4 Å². The zero-order valence-electron chi connectivity index (χ0n) is 22.5. The number of aliphatic hydroxyl groups excluding tert-OH is 1. The second-order valence-corrected chi connectivity index (χ2v) is 14.3. The summed E-state index contributed by atoms with van der Waals surface area (Å²) in [6.07, 6.45) is 4.30. The molecule has 2 bridgehead atoms. The van der Waals surface area contributed by atoms with Crippen molar-refractivity contribution in [2.45, 2.75) is 56.8 Å². The lowest BCUT2D eigenvalue weighted by Gasteiger charge is -2.33. The van der Waals surface area contributed by atoms with Crippen molar-refractivity contribution in [2.24, 2.45) is 5.92 Å². The highest BCUT2D eigenvalue weighted by atomic mass is 35.5. The third-order valence-corrected chi connectivity index (χ3v) is 10.6. The number of aliphatic hydroxyl groups is 1. The molecule has 1 N–H and O–H groups in total. The molecule has 0 radical (unpaired) electrons. The van der Waals surface area contributed by atoms with Gasteiger partial charge in [-0.3, -0.25) is 4.79 Å². The fourth-order valence-electron chi connectivity index (χ4n) is 6.14. The van der Waals surface area contributed by atoms with Crippen LogP contribution in [0.2, 0.25) is 10.0 Å². The standard InChI is InChI=1S/C30H32Cl2N2O6S/c31-24-3-1-4-25(32)28(24)29-23(30(40-33-29)19-5-6-19)16-39-27-14-22-13-20(27)15-34(22)21-9-7-18(8-10-21)26(36)17-41(37,38)12-2-11-35/h1,3-4,7-10,19-20,22,27,35H,2,5-6,11-17H2/t20-,22-,27+/m0/s1. The number of carbonyl (C=O) groups excluding carboxylic acids is 1. The van der Waals surface area contributed by atoms with E-state index in [0.717, 1.165) is 49.2 Å². The third-order valence-electron chi connectivity index (χ3n) is 8.37. The van der Waals surface area contributed by atoms with Gasteiger partial charge in [0.2, 0.25) is 0 Å². The van der Waals surface area contributed by atoms with Gasteiger partial charge < -0.3 is 19.3 Å². The number of Topliss-reactive ketones (excluding diaryl/α,β-unsaturated/α-hetero) is 1. The smallest absolute Gasteiger partial charge is 0.177 e. The Balaban J connectivity index is 1.09. The number of halogens is 2. The summed E-state index contributed by atoms with van der Waals surface area (Å²) in [7, 11) is -3.54. The quantitative estimate of drug-likeness (QED) is 0.258. The van der Waals surface area contributed by atoms with Crippen molar-refractivity contribution in [3.8, 4) is 11.3 Å². The second-order valence-electron chi connectivity index (χ2n) is 11.3. The maximum atomic E-state index is 12.5. The number of nitrogens with zero attached hydrogens (tertiary/aromatic N) is 2. The lowest BCUT2D eigenvalue weighted by atomic mass is 10.0. The monoisotopic (exact) mass is 618 g/mol. The number of hydrogen-bond donors (Lipinski definition) is 1. The lowest BCUT2D eigenvalue weighted by Crippen LogP contribution is -2.38. The molecule has 0 unspecified atom stereocenters. The molecule has 11 heteroatoms. The molecule has 1 aliphatic heterocycles. The normalized spacial score (nSPS) is 22.0. The van der Waals surface area contributed by atoms with Gasteiger partial charge in [-0.1, -0.05) is 34.4 Å². The van der Waals surface area contributed by atoms with E-state index in [2.05, 4.69) is 10.1 Å². The SMILES string of the molecule is O=C(CS(=O)(=O)CCCO)c1ccc(N2C[C@@H]3C[C@H]2C[C@H]3OCc2c(-c3c(Cl)cccc3Cl)noc2C2CC2)cc1. The van der Waals surface area contributed by atoms with Gasteiger partial charge >= 0.3 is 0 Å². The number of carbonyl (C=O) groups is 1. The van der Waals surface area contributed by atoms with Crippen LogP contribution in [0.15, 0.2) is 47.0 Å². The van der Waals surface area contributed by atoms with E-state index < -0.39 is 21.4 Å². The Hall–Kier alpha value is -2.43. The molecule has 41 heavy (non-hydrogen) atoms. The minimum absolute atomic E-state index is 0.109. The van der Waals surface area contributed by atoms with E-state index in [-0.39, 0.29) is 24.9 Å². The molecule has 2 saturated carbocycles. The van der Waals surface area contributed by atoms with Gasteiger partial charge in [0.15, 0.2) is 15.6 Å². The Morgan fingerprint density at radius 2 is 1.83 bits per heavy atom. The number of ketones is 1. The molecule has 3 atom stereocenters. The predicted molar refractivity (Wildman–Crippen MR) is 157 cm³/mol. The van der Waals surface area contributed by atoms with Crippen LogP contribution < -0.4 is 4.90 Å². The summed E-state index contributed by atoms with van der Waals surface area (Å²) in [5, 5.41) is 14.3. The summed E-state index contributed by atoms with van der Waals surface area (Å²) < 4.78 is 36.5. The summed E-state index contributed by atoms with van der Waals surface area (Å²) in [4.78, 5) is 14.9. The van der Waals surface area contributed by atoms with Crippen LogP contribution in [0.4, 0.5) is 5.69 Å². The minimum atomic E-state index is -3.54.